The van der Waals surface area contributed by atoms with Crippen LogP contribution in [0.15, 0.2) is 48.5 Å². The number of hydrogen-bond donors (Lipinski definition) is 2. The Morgan fingerprint density at radius 2 is 1.50 bits per heavy atom. The van der Waals surface area contributed by atoms with Crippen LogP contribution in [0.5, 0.6) is 11.5 Å². The molecule has 0 bridgehead atoms. The molecule has 0 radical (unpaired) electrons. The van der Waals surface area contributed by atoms with Crippen LogP contribution < -0.4 is 56.1 Å². The number of carboxylic acids is 1. The molecule has 0 saturated carbocycles. The van der Waals surface area contributed by atoms with Crippen LogP contribution in [0.25, 0.3) is 0 Å². The van der Waals surface area contributed by atoms with E-state index in [1.54, 1.807) is 18.2 Å². The van der Waals surface area contributed by atoms with E-state index in [2.05, 4.69) is 0 Å². The first kappa shape index (κ1) is 16.9. The zero-order valence-electron chi connectivity index (χ0n) is 11.7. The number of carbonyl (C=O) groups excluding carboxylic acids is 1. The van der Waals surface area contributed by atoms with Gasteiger partial charge in [-0.2, -0.15) is 0 Å². The Labute approximate surface area is 159 Å². The van der Waals surface area contributed by atoms with Crippen LogP contribution in [0.1, 0.15) is 22.1 Å². The summed E-state index contributed by atoms with van der Waals surface area (Å²) in [5.74, 6) is -2.30. The number of carboxylic acid groups (broad SMARTS) is 1. The fourth-order valence-electron chi connectivity index (χ4n) is 1.53. The predicted molar refractivity (Wildman–Crippen MR) is 67.6 cm³/mol. The number of aromatic hydroxyl groups is 1. The van der Waals surface area contributed by atoms with Crippen LogP contribution >= 0.6 is 0 Å². The van der Waals surface area contributed by atoms with Crippen LogP contribution in [0.2, 0.25) is 0 Å². The van der Waals surface area contributed by atoms with Crippen molar-refractivity contribution in [3.63, 3.8) is 0 Å². The summed E-state index contributed by atoms with van der Waals surface area (Å²) < 4.78 is 4.99. The van der Waals surface area contributed by atoms with Gasteiger partial charge >= 0.3 is 63.3 Å². The fourth-order valence-corrected chi connectivity index (χ4v) is 1.53. The van der Waals surface area contributed by atoms with Crippen molar-refractivity contribution in [3.8, 4) is 11.5 Å². The second-order valence-corrected chi connectivity index (χ2v) is 3.71. The van der Waals surface area contributed by atoms with Crippen molar-refractivity contribution in [1.29, 1.82) is 0 Å². The summed E-state index contributed by atoms with van der Waals surface area (Å²) >= 11 is 0. The molecule has 20 heavy (non-hydrogen) atoms. The van der Waals surface area contributed by atoms with Crippen molar-refractivity contribution in [2.75, 3.05) is 0 Å². The summed E-state index contributed by atoms with van der Waals surface area (Å²) in [6.07, 6.45) is 0. The number of para-hydroxylation sites is 2. The van der Waals surface area contributed by atoms with E-state index in [4.69, 9.17) is 9.84 Å². The van der Waals surface area contributed by atoms with Crippen molar-refractivity contribution in [1.82, 2.24) is 0 Å². The van der Waals surface area contributed by atoms with E-state index in [0.717, 1.165) is 0 Å². The van der Waals surface area contributed by atoms with Gasteiger partial charge in [-0.1, -0.05) is 24.3 Å². The van der Waals surface area contributed by atoms with Gasteiger partial charge < -0.3 is 16.4 Å². The van der Waals surface area contributed by atoms with Gasteiger partial charge in [0.1, 0.15) is 22.6 Å². The van der Waals surface area contributed by atoms with E-state index in [0.29, 0.717) is 0 Å². The molecule has 2 rings (SSSR count). The van der Waals surface area contributed by atoms with Crippen molar-refractivity contribution < 1.29 is 77.4 Å². The number of benzene rings is 2. The first-order chi connectivity index (χ1) is 9.09. The molecular weight excluding hydrogens is 287 g/mol. The van der Waals surface area contributed by atoms with Gasteiger partial charge in [-0.05, 0) is 24.3 Å². The Hall–Kier alpha value is -1.18. The van der Waals surface area contributed by atoms with Gasteiger partial charge in [0.2, 0.25) is 0 Å². The maximum absolute atomic E-state index is 11.8. The molecule has 0 aliphatic carbocycles. The van der Waals surface area contributed by atoms with Crippen LogP contribution in [-0.4, -0.2) is 22.2 Å². The standard InChI is InChI=1S/C14H10O5.K.H/c15-11-7-3-1-5-9(11)14(18)19-12-8-4-2-6-10(12)13(16)17;;/h1-8,15H,(H,16,17);;/q;+1;-1. The van der Waals surface area contributed by atoms with Crippen LogP contribution in [-0.2, 0) is 0 Å². The Kier molecular flexibility index (Phi) is 6.38. The van der Waals surface area contributed by atoms with Crippen LogP contribution in [0, 0.1) is 0 Å². The molecule has 2 aromatic rings. The number of rotatable bonds is 3. The molecule has 6 heteroatoms. The maximum Gasteiger partial charge on any atom is 1.00 e. The van der Waals surface area contributed by atoms with E-state index in [1.165, 1.54) is 30.3 Å². The molecule has 0 heterocycles. The Bertz CT molecular complexity index is 645. The predicted octanol–water partition coefficient (Wildman–Crippen LogP) is -0.574. The molecule has 98 valence electrons. The summed E-state index contributed by atoms with van der Waals surface area (Å²) in [4.78, 5) is 22.8. The summed E-state index contributed by atoms with van der Waals surface area (Å²) in [6, 6.07) is 11.7. The number of aromatic carboxylic acids is 1. The quantitative estimate of drug-likeness (QED) is 0.450. The molecule has 0 saturated heterocycles. The van der Waals surface area contributed by atoms with Crippen molar-refractivity contribution in [2.24, 2.45) is 0 Å². The zero-order valence-corrected chi connectivity index (χ0v) is 13.9. The average Bonchev–Trinajstić information content (AvgIpc) is 2.39. The number of phenols is 1. The minimum Gasteiger partial charge on any atom is -1.00 e. The monoisotopic (exact) mass is 298 g/mol. The second kappa shape index (κ2) is 7.56. The van der Waals surface area contributed by atoms with Gasteiger partial charge in [0, 0.05) is 0 Å². The SMILES string of the molecule is O=C(Oc1ccccc1C(=O)O)c1ccccc1O.[H-].[K+]. The van der Waals surface area contributed by atoms with E-state index in [9.17, 15) is 14.7 Å². The number of carbonyl (C=O) groups is 2. The number of phenolic OH excluding ortho intramolecular Hbond substituents is 1. The number of ether oxygens (including phenoxy) is 1. The number of hydrogen-bond acceptors (Lipinski definition) is 4. The fraction of sp³-hybridized carbons (Fsp3) is 0. The summed E-state index contributed by atoms with van der Waals surface area (Å²) in [5, 5.41) is 18.5. The third kappa shape index (κ3) is 3.91. The smallest absolute Gasteiger partial charge is 1.00 e. The van der Waals surface area contributed by atoms with E-state index in [-0.39, 0.29) is 75.4 Å². The van der Waals surface area contributed by atoms with Crippen molar-refractivity contribution >= 4 is 11.9 Å². The van der Waals surface area contributed by atoms with Gasteiger partial charge in [-0.3, -0.25) is 0 Å². The minimum absolute atomic E-state index is 0. The normalized spacial score (nSPS) is 9.40. The van der Waals surface area contributed by atoms with E-state index >= 15 is 0 Å². The second-order valence-electron chi connectivity index (χ2n) is 3.71. The summed E-state index contributed by atoms with van der Waals surface area (Å²) in [5.41, 5.74) is -0.144. The van der Waals surface area contributed by atoms with Crippen LogP contribution in [0.3, 0.4) is 0 Å². The van der Waals surface area contributed by atoms with Gasteiger partial charge in [-0.25, -0.2) is 9.59 Å². The summed E-state index contributed by atoms with van der Waals surface area (Å²) in [6.45, 7) is 0. The van der Waals surface area contributed by atoms with E-state index in [1.807, 2.05) is 0 Å². The Morgan fingerprint density at radius 3 is 2.10 bits per heavy atom. The van der Waals surface area contributed by atoms with Gasteiger partial charge in [0.15, 0.2) is 0 Å². The first-order valence-electron chi connectivity index (χ1n) is 5.42. The molecular formula is C14H11KO5. The molecule has 0 atom stereocenters. The Balaban J connectivity index is 0.00000200. The minimum atomic E-state index is -1.19. The van der Waals surface area contributed by atoms with Crippen LogP contribution in [0.4, 0.5) is 0 Å². The Morgan fingerprint density at radius 1 is 0.950 bits per heavy atom. The third-order valence-electron chi connectivity index (χ3n) is 2.44. The van der Waals surface area contributed by atoms with Gasteiger partial charge in [-0.15, -0.1) is 0 Å². The van der Waals surface area contributed by atoms with E-state index < -0.39 is 11.9 Å². The van der Waals surface area contributed by atoms with Gasteiger partial charge in [0.25, 0.3) is 0 Å². The third-order valence-corrected chi connectivity index (χ3v) is 2.44. The molecule has 2 N–H and O–H groups in total. The molecule has 0 unspecified atom stereocenters. The molecule has 0 fully saturated rings. The number of esters is 1. The maximum atomic E-state index is 11.8. The molecule has 0 aromatic heterocycles. The zero-order chi connectivity index (χ0) is 13.8. The molecule has 0 aliphatic rings. The largest absolute Gasteiger partial charge is 1.00 e. The summed E-state index contributed by atoms with van der Waals surface area (Å²) in [7, 11) is 0. The molecule has 2 aromatic carbocycles. The molecule has 5 nitrogen and oxygen atoms in total. The molecule has 0 aliphatic heterocycles. The van der Waals surface area contributed by atoms with Crippen molar-refractivity contribution in [3.05, 3.63) is 59.7 Å². The first-order valence-corrected chi connectivity index (χ1v) is 5.42. The molecule has 0 spiro atoms. The topological polar surface area (TPSA) is 83.8 Å². The average molecular weight is 298 g/mol. The van der Waals surface area contributed by atoms with Crippen molar-refractivity contribution in [2.45, 2.75) is 0 Å². The molecule has 0 amide bonds. The van der Waals surface area contributed by atoms with Gasteiger partial charge in [0.05, 0.1) is 0 Å².